The highest BCUT2D eigenvalue weighted by Gasteiger charge is 2.22. The van der Waals surface area contributed by atoms with E-state index in [0.717, 1.165) is 17.7 Å². The van der Waals surface area contributed by atoms with E-state index in [1.807, 2.05) is 19.1 Å². The summed E-state index contributed by atoms with van der Waals surface area (Å²) >= 11 is 0. The van der Waals surface area contributed by atoms with E-state index < -0.39 is 0 Å². The van der Waals surface area contributed by atoms with E-state index in [1.54, 1.807) is 0 Å². The van der Waals surface area contributed by atoms with Crippen LogP contribution in [0.1, 0.15) is 96.0 Å². The highest BCUT2D eigenvalue weighted by Crippen LogP contribution is 2.38. The third kappa shape index (κ3) is 5.83. The van der Waals surface area contributed by atoms with Crippen molar-refractivity contribution in [2.45, 2.75) is 90.4 Å². The Bertz CT molecular complexity index is 756. The Morgan fingerprint density at radius 2 is 1.64 bits per heavy atom. The molecule has 1 aliphatic carbocycles. The normalized spacial score (nSPS) is 19.6. The highest BCUT2D eigenvalue weighted by atomic mass is 16.5. The van der Waals surface area contributed by atoms with Crippen molar-refractivity contribution in [3.05, 3.63) is 42.0 Å². The number of benzene rings is 2. The smallest absolute Gasteiger partial charge is 0.311 e. The van der Waals surface area contributed by atoms with Crippen LogP contribution in [0.4, 0.5) is 0 Å². The molecule has 28 heavy (non-hydrogen) atoms. The van der Waals surface area contributed by atoms with Crippen LogP contribution in [0.3, 0.4) is 0 Å². The van der Waals surface area contributed by atoms with Gasteiger partial charge in [0.2, 0.25) is 0 Å². The molecule has 1 aliphatic rings. The van der Waals surface area contributed by atoms with Crippen LogP contribution >= 0.6 is 0 Å². The predicted octanol–water partition coefficient (Wildman–Crippen LogP) is 7.79. The topological polar surface area (TPSA) is 26.3 Å². The molecule has 0 aromatic heterocycles. The number of rotatable bonds is 9. The van der Waals surface area contributed by atoms with Gasteiger partial charge in [0.25, 0.3) is 0 Å². The van der Waals surface area contributed by atoms with Crippen LogP contribution < -0.4 is 4.74 Å². The number of fused-ring (bicyclic) bond motifs is 1. The maximum absolute atomic E-state index is 11.7. The lowest BCUT2D eigenvalue weighted by Crippen LogP contribution is -2.13. The van der Waals surface area contributed by atoms with Gasteiger partial charge in [-0.15, -0.1) is 0 Å². The Kier molecular flexibility index (Phi) is 7.94. The van der Waals surface area contributed by atoms with Gasteiger partial charge in [-0.2, -0.15) is 0 Å². The molecule has 0 aliphatic heterocycles. The molecule has 2 heteroatoms. The third-order valence-electron chi connectivity index (χ3n) is 6.31. The van der Waals surface area contributed by atoms with Gasteiger partial charge >= 0.3 is 5.97 Å². The van der Waals surface area contributed by atoms with E-state index in [-0.39, 0.29) is 5.97 Å². The molecule has 0 atom stereocenters. The molecule has 1 saturated carbocycles. The van der Waals surface area contributed by atoms with Gasteiger partial charge in [0.1, 0.15) is 5.75 Å². The maximum Gasteiger partial charge on any atom is 0.311 e. The molecule has 2 aromatic carbocycles. The SMILES string of the molecule is CCCCCC[C@H]1CC[C@H](c2ccc3cc(OC(=O)CCC)ccc3c2)CC1. The maximum atomic E-state index is 11.7. The zero-order valence-corrected chi connectivity index (χ0v) is 17.7. The summed E-state index contributed by atoms with van der Waals surface area (Å²) in [6.07, 6.45) is 13.7. The molecule has 0 radical (unpaired) electrons. The molecule has 2 aromatic rings. The first-order chi connectivity index (χ1) is 13.7. The van der Waals surface area contributed by atoms with E-state index in [9.17, 15) is 4.79 Å². The molecular formula is C26H36O2. The Labute approximate surface area is 170 Å². The van der Waals surface area contributed by atoms with Crippen LogP contribution in [0.15, 0.2) is 36.4 Å². The minimum atomic E-state index is -0.148. The fourth-order valence-corrected chi connectivity index (χ4v) is 4.59. The molecule has 152 valence electrons. The Hall–Kier alpha value is -1.83. The molecule has 3 rings (SSSR count). The van der Waals surface area contributed by atoms with Crippen molar-refractivity contribution in [3.8, 4) is 5.75 Å². The van der Waals surface area contributed by atoms with Crippen LogP contribution in [-0.2, 0) is 4.79 Å². The molecule has 0 N–H and O–H groups in total. The molecule has 0 unspecified atom stereocenters. The van der Waals surface area contributed by atoms with Crippen molar-refractivity contribution in [1.29, 1.82) is 0 Å². The summed E-state index contributed by atoms with van der Waals surface area (Å²) in [5, 5.41) is 2.39. The first-order valence-electron chi connectivity index (χ1n) is 11.4. The van der Waals surface area contributed by atoms with Gasteiger partial charge in [-0.3, -0.25) is 4.79 Å². The van der Waals surface area contributed by atoms with Crippen LogP contribution in [-0.4, -0.2) is 5.97 Å². The van der Waals surface area contributed by atoms with E-state index in [1.165, 1.54) is 68.7 Å². The molecule has 0 spiro atoms. The number of hydrogen-bond acceptors (Lipinski definition) is 2. The molecular weight excluding hydrogens is 344 g/mol. The van der Waals surface area contributed by atoms with Crippen LogP contribution in [0.25, 0.3) is 10.8 Å². The highest BCUT2D eigenvalue weighted by molar-refractivity contribution is 5.85. The van der Waals surface area contributed by atoms with Crippen molar-refractivity contribution in [3.63, 3.8) is 0 Å². The summed E-state index contributed by atoms with van der Waals surface area (Å²) in [5.74, 6) is 2.17. The summed E-state index contributed by atoms with van der Waals surface area (Å²) in [5.41, 5.74) is 1.48. The predicted molar refractivity (Wildman–Crippen MR) is 118 cm³/mol. The van der Waals surface area contributed by atoms with Gasteiger partial charge in [-0.25, -0.2) is 0 Å². The van der Waals surface area contributed by atoms with Crippen LogP contribution in [0, 0.1) is 5.92 Å². The second kappa shape index (κ2) is 10.6. The molecule has 0 saturated heterocycles. The molecule has 0 amide bonds. The van der Waals surface area contributed by atoms with Gasteiger partial charge in [0.05, 0.1) is 0 Å². The third-order valence-corrected chi connectivity index (χ3v) is 6.31. The lowest BCUT2D eigenvalue weighted by molar-refractivity contribution is -0.134. The number of ether oxygens (including phenoxy) is 1. The fraction of sp³-hybridized carbons (Fsp3) is 0.577. The molecule has 0 bridgehead atoms. The number of unbranched alkanes of at least 4 members (excludes halogenated alkanes) is 3. The lowest BCUT2D eigenvalue weighted by atomic mass is 9.77. The first kappa shape index (κ1) is 20.9. The van der Waals surface area contributed by atoms with E-state index in [2.05, 4.69) is 31.2 Å². The first-order valence-corrected chi connectivity index (χ1v) is 11.4. The van der Waals surface area contributed by atoms with Crippen molar-refractivity contribution < 1.29 is 9.53 Å². The average Bonchev–Trinajstić information content (AvgIpc) is 2.71. The van der Waals surface area contributed by atoms with Crippen molar-refractivity contribution >= 4 is 16.7 Å². The second-order valence-electron chi connectivity index (χ2n) is 8.56. The van der Waals surface area contributed by atoms with Crippen molar-refractivity contribution in [2.75, 3.05) is 0 Å². The Morgan fingerprint density at radius 3 is 2.39 bits per heavy atom. The lowest BCUT2D eigenvalue weighted by Gasteiger charge is -2.29. The summed E-state index contributed by atoms with van der Waals surface area (Å²) in [7, 11) is 0. The fourth-order valence-electron chi connectivity index (χ4n) is 4.59. The number of esters is 1. The summed E-state index contributed by atoms with van der Waals surface area (Å²) in [4.78, 5) is 11.7. The quantitative estimate of drug-likeness (QED) is 0.252. The van der Waals surface area contributed by atoms with Gasteiger partial charge < -0.3 is 4.74 Å². The standard InChI is InChI=1S/C26H36O2/c1-3-5-6-7-9-20-10-12-21(13-11-20)22-14-15-24-19-25(17-16-23(24)18-22)28-26(27)8-4-2/h14-21H,3-13H2,1-2H3/t20-,21-. The number of carbonyl (C=O) groups excluding carboxylic acids is 1. The van der Waals surface area contributed by atoms with E-state index >= 15 is 0 Å². The molecule has 0 heterocycles. The monoisotopic (exact) mass is 380 g/mol. The summed E-state index contributed by atoms with van der Waals surface area (Å²) in [6, 6.07) is 12.8. The second-order valence-corrected chi connectivity index (χ2v) is 8.56. The van der Waals surface area contributed by atoms with Crippen LogP contribution in [0.2, 0.25) is 0 Å². The minimum absolute atomic E-state index is 0.148. The zero-order chi connectivity index (χ0) is 19.8. The van der Waals surface area contributed by atoms with Crippen molar-refractivity contribution in [2.24, 2.45) is 5.92 Å². The van der Waals surface area contributed by atoms with Gasteiger partial charge in [0, 0.05) is 6.42 Å². The van der Waals surface area contributed by atoms with E-state index in [4.69, 9.17) is 4.74 Å². The van der Waals surface area contributed by atoms with Gasteiger partial charge in [-0.1, -0.05) is 70.2 Å². The molecule has 1 fully saturated rings. The summed E-state index contributed by atoms with van der Waals surface area (Å²) < 4.78 is 5.43. The van der Waals surface area contributed by atoms with Crippen molar-refractivity contribution in [1.82, 2.24) is 0 Å². The van der Waals surface area contributed by atoms with Gasteiger partial charge in [-0.05, 0) is 72.4 Å². The summed E-state index contributed by atoms with van der Waals surface area (Å²) in [6.45, 7) is 4.28. The largest absolute Gasteiger partial charge is 0.427 e. The van der Waals surface area contributed by atoms with Crippen LogP contribution in [0.5, 0.6) is 5.75 Å². The average molecular weight is 381 g/mol. The molecule has 2 nitrogen and oxygen atoms in total. The van der Waals surface area contributed by atoms with Gasteiger partial charge in [0.15, 0.2) is 0 Å². The Balaban J connectivity index is 1.56. The zero-order valence-electron chi connectivity index (χ0n) is 17.7. The number of carbonyl (C=O) groups is 1. The number of hydrogen-bond donors (Lipinski definition) is 0. The van der Waals surface area contributed by atoms with E-state index in [0.29, 0.717) is 18.1 Å². The Morgan fingerprint density at radius 1 is 0.893 bits per heavy atom. The minimum Gasteiger partial charge on any atom is -0.427 e.